The van der Waals surface area contributed by atoms with Crippen molar-refractivity contribution in [1.82, 2.24) is 14.7 Å². The molecule has 0 aromatic rings. The quantitative estimate of drug-likeness (QED) is 0.801. The number of carboxylic acid groups (broad SMARTS) is 1. The number of ether oxygens (including phenoxy) is 1. The van der Waals surface area contributed by atoms with Crippen molar-refractivity contribution < 1.29 is 19.4 Å². The summed E-state index contributed by atoms with van der Waals surface area (Å²) in [6.07, 6.45) is 6.47. The molecule has 7 nitrogen and oxygen atoms in total. The van der Waals surface area contributed by atoms with Crippen LogP contribution in [0.1, 0.15) is 51.9 Å². The van der Waals surface area contributed by atoms with Crippen LogP contribution in [-0.4, -0.2) is 82.4 Å². The second-order valence-corrected chi connectivity index (χ2v) is 9.42. The molecule has 27 heavy (non-hydrogen) atoms. The lowest BCUT2D eigenvalue weighted by Crippen LogP contribution is -2.63. The van der Waals surface area contributed by atoms with Gasteiger partial charge in [-0.25, -0.2) is 9.59 Å². The van der Waals surface area contributed by atoms with E-state index in [1.54, 1.807) is 4.90 Å². The Bertz CT molecular complexity index is 647. The highest BCUT2D eigenvalue weighted by Gasteiger charge is 2.60. The van der Waals surface area contributed by atoms with Gasteiger partial charge in [-0.3, -0.25) is 4.90 Å². The van der Waals surface area contributed by atoms with Crippen molar-refractivity contribution in [2.75, 3.05) is 32.7 Å². The van der Waals surface area contributed by atoms with Crippen LogP contribution in [0.3, 0.4) is 0 Å². The minimum atomic E-state index is -0.769. The van der Waals surface area contributed by atoms with Crippen LogP contribution in [0.4, 0.5) is 9.59 Å². The molecule has 5 fully saturated rings. The normalized spacial score (nSPS) is 40.5. The average Bonchev–Trinajstić information content (AvgIpc) is 3.34. The van der Waals surface area contributed by atoms with Gasteiger partial charge in [0.2, 0.25) is 0 Å². The topological polar surface area (TPSA) is 73.3 Å². The molecule has 1 aliphatic carbocycles. The van der Waals surface area contributed by atoms with E-state index < -0.39 is 6.09 Å². The molecule has 2 spiro atoms. The molecule has 5 rings (SSSR count). The summed E-state index contributed by atoms with van der Waals surface area (Å²) in [4.78, 5) is 29.7. The maximum atomic E-state index is 12.2. The van der Waals surface area contributed by atoms with E-state index >= 15 is 0 Å². The van der Waals surface area contributed by atoms with Gasteiger partial charge in [-0.1, -0.05) is 13.3 Å². The fourth-order valence-electron chi connectivity index (χ4n) is 7.08. The number of hydrogen-bond acceptors (Lipinski definition) is 4. The highest BCUT2D eigenvalue weighted by atomic mass is 16.6. The molecule has 1 N–H and O–H groups in total. The molecule has 2 amide bonds. The lowest BCUT2D eigenvalue weighted by molar-refractivity contribution is -0.103. The van der Waals surface area contributed by atoms with Gasteiger partial charge in [0.15, 0.2) is 0 Å². The first-order chi connectivity index (χ1) is 13.0. The summed E-state index contributed by atoms with van der Waals surface area (Å²) in [6.45, 7) is 6.51. The van der Waals surface area contributed by atoms with E-state index in [0.29, 0.717) is 31.1 Å². The first kappa shape index (κ1) is 17.6. The Morgan fingerprint density at radius 3 is 2.67 bits per heavy atom. The number of nitrogens with zero attached hydrogens (tertiary/aromatic N) is 3. The van der Waals surface area contributed by atoms with Crippen LogP contribution in [-0.2, 0) is 4.74 Å². The molecule has 4 aliphatic heterocycles. The standard InChI is InChI=1S/C20H31N3O4/c1-2-14-15(12-19(14)5-9-22(13-19)17(24)25)21-10-6-20(7-11-21)16-4-3-8-23(16)18(26)27-20/h14-16H,2-13H2,1H3,(H,24,25). The van der Waals surface area contributed by atoms with Gasteiger partial charge in [-0.15, -0.1) is 0 Å². The van der Waals surface area contributed by atoms with Crippen molar-refractivity contribution in [3.05, 3.63) is 0 Å². The summed E-state index contributed by atoms with van der Waals surface area (Å²) in [7, 11) is 0. The monoisotopic (exact) mass is 377 g/mol. The number of hydrogen-bond donors (Lipinski definition) is 1. The minimum Gasteiger partial charge on any atom is -0.465 e. The molecule has 7 heteroatoms. The van der Waals surface area contributed by atoms with Crippen molar-refractivity contribution in [2.24, 2.45) is 11.3 Å². The number of fused-ring (bicyclic) bond motifs is 2. The second-order valence-electron chi connectivity index (χ2n) is 9.42. The molecule has 5 aliphatic rings. The Labute approximate surface area is 160 Å². The number of rotatable bonds is 2. The summed E-state index contributed by atoms with van der Waals surface area (Å²) in [5, 5.41) is 9.32. The largest absolute Gasteiger partial charge is 0.465 e. The third-order valence-corrected chi connectivity index (χ3v) is 8.46. The molecule has 0 radical (unpaired) electrons. The lowest BCUT2D eigenvalue weighted by atomic mass is 9.54. The van der Waals surface area contributed by atoms with Gasteiger partial charge in [0.1, 0.15) is 5.60 Å². The molecule has 0 aromatic carbocycles. The Hall–Kier alpha value is -1.50. The number of carbonyl (C=O) groups is 2. The van der Waals surface area contributed by atoms with E-state index in [1.165, 1.54) is 0 Å². The number of carbonyl (C=O) groups excluding carboxylic acids is 1. The molecule has 4 atom stereocenters. The van der Waals surface area contributed by atoms with Gasteiger partial charge in [-0.05, 0) is 37.0 Å². The van der Waals surface area contributed by atoms with Crippen LogP contribution in [0.25, 0.3) is 0 Å². The Kier molecular flexibility index (Phi) is 3.91. The summed E-state index contributed by atoms with van der Waals surface area (Å²) < 4.78 is 5.91. The Morgan fingerprint density at radius 2 is 2.00 bits per heavy atom. The number of amides is 2. The molecule has 0 bridgehead atoms. The zero-order valence-electron chi connectivity index (χ0n) is 16.2. The lowest BCUT2D eigenvalue weighted by Gasteiger charge is -2.58. The van der Waals surface area contributed by atoms with Crippen LogP contribution < -0.4 is 0 Å². The van der Waals surface area contributed by atoms with E-state index in [-0.39, 0.29) is 17.1 Å². The van der Waals surface area contributed by atoms with Crippen molar-refractivity contribution >= 4 is 12.2 Å². The SMILES string of the molecule is CCC1C(N2CCC3(CC2)OC(=O)N2CCCC23)CC12CCN(C(=O)O)C2. The first-order valence-corrected chi connectivity index (χ1v) is 10.7. The van der Waals surface area contributed by atoms with E-state index in [4.69, 9.17) is 4.74 Å². The number of likely N-dealkylation sites (tertiary alicyclic amines) is 2. The van der Waals surface area contributed by atoms with Gasteiger partial charge in [0.25, 0.3) is 0 Å². The van der Waals surface area contributed by atoms with Gasteiger partial charge in [0, 0.05) is 51.6 Å². The van der Waals surface area contributed by atoms with E-state index in [9.17, 15) is 14.7 Å². The van der Waals surface area contributed by atoms with Crippen LogP contribution in [0.15, 0.2) is 0 Å². The molecule has 4 unspecified atom stereocenters. The minimum absolute atomic E-state index is 0.0975. The van der Waals surface area contributed by atoms with E-state index in [0.717, 1.165) is 64.6 Å². The van der Waals surface area contributed by atoms with Gasteiger partial charge < -0.3 is 19.6 Å². The summed E-state index contributed by atoms with van der Waals surface area (Å²) in [5.41, 5.74) is -0.0459. The predicted molar refractivity (Wildman–Crippen MR) is 98.6 cm³/mol. The smallest absolute Gasteiger partial charge is 0.410 e. The van der Waals surface area contributed by atoms with Crippen molar-refractivity contribution in [3.63, 3.8) is 0 Å². The van der Waals surface area contributed by atoms with Crippen molar-refractivity contribution in [3.8, 4) is 0 Å². The van der Waals surface area contributed by atoms with Crippen molar-refractivity contribution in [1.29, 1.82) is 0 Å². The van der Waals surface area contributed by atoms with Crippen LogP contribution >= 0.6 is 0 Å². The highest BCUT2D eigenvalue weighted by Crippen LogP contribution is 2.57. The maximum absolute atomic E-state index is 12.2. The molecular weight excluding hydrogens is 346 g/mol. The molecule has 150 valence electrons. The van der Waals surface area contributed by atoms with E-state index in [1.807, 2.05) is 4.90 Å². The fraction of sp³-hybridized carbons (Fsp3) is 0.900. The zero-order valence-corrected chi connectivity index (χ0v) is 16.2. The third kappa shape index (κ3) is 2.43. The van der Waals surface area contributed by atoms with E-state index in [2.05, 4.69) is 11.8 Å². The van der Waals surface area contributed by atoms with Gasteiger partial charge in [0.05, 0.1) is 6.04 Å². The summed E-state index contributed by atoms with van der Waals surface area (Å²) in [6, 6.07) is 0.860. The van der Waals surface area contributed by atoms with Crippen molar-refractivity contribution in [2.45, 2.75) is 69.6 Å². The van der Waals surface area contributed by atoms with Gasteiger partial charge >= 0.3 is 12.2 Å². The molecular formula is C20H31N3O4. The first-order valence-electron chi connectivity index (χ1n) is 10.7. The second kappa shape index (κ2) is 6.00. The molecule has 4 heterocycles. The predicted octanol–water partition coefficient (Wildman–Crippen LogP) is 2.60. The summed E-state index contributed by atoms with van der Waals surface area (Å²) in [5.74, 6) is 0.588. The molecule has 0 aromatic heterocycles. The van der Waals surface area contributed by atoms with Crippen LogP contribution in [0, 0.1) is 11.3 Å². The average molecular weight is 377 g/mol. The van der Waals surface area contributed by atoms with Crippen LogP contribution in [0.2, 0.25) is 0 Å². The Balaban J connectivity index is 1.23. The van der Waals surface area contributed by atoms with Crippen LogP contribution in [0.5, 0.6) is 0 Å². The summed E-state index contributed by atoms with van der Waals surface area (Å²) >= 11 is 0. The zero-order chi connectivity index (χ0) is 18.8. The molecule has 4 saturated heterocycles. The maximum Gasteiger partial charge on any atom is 0.410 e. The fourth-order valence-corrected chi connectivity index (χ4v) is 7.08. The third-order valence-electron chi connectivity index (χ3n) is 8.46. The Morgan fingerprint density at radius 1 is 1.22 bits per heavy atom. The number of piperidine rings is 1. The van der Waals surface area contributed by atoms with Gasteiger partial charge in [-0.2, -0.15) is 0 Å². The molecule has 1 saturated carbocycles. The highest BCUT2D eigenvalue weighted by molar-refractivity contribution is 5.72.